The highest BCUT2D eigenvalue weighted by Gasteiger charge is 2.09. The molecular formula is C6H9O. The third kappa shape index (κ3) is 2.24. The fraction of sp³-hybridized carbons (Fsp3) is 0.667. The number of hydrogen-bond acceptors (Lipinski definition) is 1. The van der Waals surface area contributed by atoms with Gasteiger partial charge in [0.25, 0.3) is 0 Å². The minimum Gasteiger partial charge on any atom is -0.366 e. The molecule has 0 atom stereocenters. The summed E-state index contributed by atoms with van der Waals surface area (Å²) >= 11 is 0. The maximum atomic E-state index is 6.63. The van der Waals surface area contributed by atoms with Gasteiger partial charge < -0.3 is 4.74 Å². The Balaban J connectivity index is 3.66. The topological polar surface area (TPSA) is 9.23 Å². The van der Waals surface area contributed by atoms with E-state index in [9.17, 15) is 0 Å². The van der Waals surface area contributed by atoms with Crippen LogP contribution in [0, 0.1) is 12.3 Å². The van der Waals surface area contributed by atoms with Crippen LogP contribution in [0.15, 0.2) is 0 Å². The van der Waals surface area contributed by atoms with Crippen molar-refractivity contribution in [1.82, 2.24) is 0 Å². The maximum absolute atomic E-state index is 6.63. The van der Waals surface area contributed by atoms with Crippen molar-refractivity contribution in [3.05, 3.63) is 6.42 Å². The van der Waals surface area contributed by atoms with Crippen LogP contribution < -0.4 is 0 Å². The van der Waals surface area contributed by atoms with Gasteiger partial charge in [-0.3, -0.25) is 0 Å². The Morgan fingerprint density at radius 3 is 2.00 bits per heavy atom. The van der Waals surface area contributed by atoms with Gasteiger partial charge in [0.1, 0.15) is 5.60 Å². The van der Waals surface area contributed by atoms with E-state index in [-0.39, 0.29) is 0 Å². The van der Waals surface area contributed by atoms with Crippen molar-refractivity contribution in [2.24, 2.45) is 0 Å². The van der Waals surface area contributed by atoms with Gasteiger partial charge in [-0.25, -0.2) is 0 Å². The molecule has 0 bridgehead atoms. The van der Waals surface area contributed by atoms with Crippen molar-refractivity contribution >= 4 is 0 Å². The van der Waals surface area contributed by atoms with Crippen LogP contribution in [0.4, 0.5) is 0 Å². The molecule has 0 fully saturated rings. The Labute approximate surface area is 44.7 Å². The van der Waals surface area contributed by atoms with E-state index in [4.69, 9.17) is 11.2 Å². The van der Waals surface area contributed by atoms with E-state index in [0.29, 0.717) is 0 Å². The molecule has 0 heterocycles. The molecule has 0 aliphatic rings. The van der Waals surface area contributed by atoms with Gasteiger partial charge in [0.05, 0.1) is 0 Å². The summed E-state index contributed by atoms with van der Waals surface area (Å²) in [5, 5.41) is 0. The third-order valence-corrected chi connectivity index (χ3v) is 0.811. The molecule has 0 aromatic carbocycles. The molecule has 0 amide bonds. The van der Waals surface area contributed by atoms with Gasteiger partial charge >= 0.3 is 0 Å². The van der Waals surface area contributed by atoms with Crippen LogP contribution in [-0.4, -0.2) is 12.7 Å². The molecule has 0 aliphatic heterocycles. The minimum atomic E-state index is -0.500. The average Bonchev–Trinajstić information content (AvgIpc) is 1.68. The second-order valence-corrected chi connectivity index (χ2v) is 1.84. The molecule has 0 aliphatic carbocycles. The highest BCUT2D eigenvalue weighted by atomic mass is 16.5. The summed E-state index contributed by atoms with van der Waals surface area (Å²) in [5.41, 5.74) is -0.500. The van der Waals surface area contributed by atoms with E-state index in [1.807, 2.05) is 0 Å². The van der Waals surface area contributed by atoms with E-state index >= 15 is 0 Å². The largest absolute Gasteiger partial charge is 0.366 e. The summed E-state index contributed by atoms with van der Waals surface area (Å²) in [5.74, 6) is 2.22. The lowest BCUT2D eigenvalue weighted by molar-refractivity contribution is 0.0740. The van der Waals surface area contributed by atoms with Crippen LogP contribution in [0.2, 0.25) is 0 Å². The first-order valence-electron chi connectivity index (χ1n) is 2.11. The van der Waals surface area contributed by atoms with Gasteiger partial charge in [-0.15, -0.1) is 0 Å². The summed E-state index contributed by atoms with van der Waals surface area (Å²) in [6, 6.07) is 0. The normalized spacial score (nSPS) is 10.6. The van der Waals surface area contributed by atoms with Gasteiger partial charge in [-0.1, -0.05) is 5.92 Å². The van der Waals surface area contributed by atoms with Crippen LogP contribution >= 0.6 is 0 Å². The molecule has 1 radical (unpaired) electrons. The molecule has 0 N–H and O–H groups in total. The Hall–Kier alpha value is -0.480. The first-order chi connectivity index (χ1) is 3.12. The smallest absolute Gasteiger partial charge is 0.123 e. The number of ether oxygens (including phenoxy) is 1. The summed E-state index contributed by atoms with van der Waals surface area (Å²) < 4.78 is 4.79. The zero-order valence-corrected chi connectivity index (χ0v) is 4.91. The molecule has 1 heteroatoms. The number of methoxy groups -OCH3 is 1. The molecule has 0 rings (SSSR count). The molecular weight excluding hydrogens is 88.1 g/mol. The quantitative estimate of drug-likeness (QED) is 0.443. The van der Waals surface area contributed by atoms with E-state index in [1.165, 1.54) is 0 Å². The first-order valence-corrected chi connectivity index (χ1v) is 2.11. The van der Waals surface area contributed by atoms with Gasteiger partial charge in [0, 0.05) is 7.11 Å². The van der Waals surface area contributed by atoms with E-state index in [0.717, 1.165) is 0 Å². The Morgan fingerprint density at radius 2 is 2.00 bits per heavy atom. The van der Waals surface area contributed by atoms with E-state index in [2.05, 4.69) is 5.92 Å². The molecule has 0 spiro atoms. The Morgan fingerprint density at radius 1 is 1.57 bits per heavy atom. The van der Waals surface area contributed by atoms with Crippen LogP contribution in [0.5, 0.6) is 0 Å². The predicted molar refractivity (Wildman–Crippen MR) is 28.2 cm³/mol. The predicted octanol–water partition coefficient (Wildman–Crippen LogP) is 1.00. The standard InChI is InChI=1S/C6H9O/c1-5-6(2,3)7-4/h2-4H3. The Kier molecular flexibility index (Phi) is 1.86. The van der Waals surface area contributed by atoms with Gasteiger partial charge in [0.15, 0.2) is 0 Å². The molecule has 7 heavy (non-hydrogen) atoms. The second-order valence-electron chi connectivity index (χ2n) is 1.84. The van der Waals surface area contributed by atoms with Crippen molar-refractivity contribution in [3.8, 4) is 5.92 Å². The molecule has 0 unspecified atom stereocenters. The van der Waals surface area contributed by atoms with Crippen molar-refractivity contribution in [3.63, 3.8) is 0 Å². The zero-order chi connectivity index (χ0) is 5.91. The van der Waals surface area contributed by atoms with Crippen LogP contribution in [0.25, 0.3) is 0 Å². The highest BCUT2D eigenvalue weighted by Crippen LogP contribution is 2.02. The SMILES string of the molecule is [C]#CC(C)(C)OC. The third-order valence-electron chi connectivity index (χ3n) is 0.811. The lowest BCUT2D eigenvalue weighted by Gasteiger charge is -2.12. The van der Waals surface area contributed by atoms with Gasteiger partial charge in [-0.05, 0) is 20.3 Å². The first kappa shape index (κ1) is 6.52. The maximum Gasteiger partial charge on any atom is 0.123 e. The van der Waals surface area contributed by atoms with Gasteiger partial charge in [0.2, 0.25) is 0 Å². The van der Waals surface area contributed by atoms with Crippen LogP contribution in [-0.2, 0) is 4.74 Å². The molecule has 0 aromatic rings. The molecule has 1 nitrogen and oxygen atoms in total. The zero-order valence-electron chi connectivity index (χ0n) is 4.91. The van der Waals surface area contributed by atoms with Crippen molar-refractivity contribution < 1.29 is 4.74 Å². The summed E-state index contributed by atoms with van der Waals surface area (Å²) in [7, 11) is 1.56. The molecule has 0 saturated carbocycles. The fourth-order valence-corrected chi connectivity index (χ4v) is 0.0510. The molecule has 39 valence electrons. The lowest BCUT2D eigenvalue weighted by Crippen LogP contribution is -2.18. The van der Waals surface area contributed by atoms with Gasteiger partial charge in [-0.2, -0.15) is 0 Å². The van der Waals surface area contributed by atoms with Crippen molar-refractivity contribution in [2.45, 2.75) is 19.4 Å². The summed E-state index contributed by atoms with van der Waals surface area (Å²) in [4.78, 5) is 0. The second kappa shape index (κ2) is 1.99. The Bertz CT molecular complexity index is 86.8. The van der Waals surface area contributed by atoms with E-state index < -0.39 is 5.60 Å². The minimum absolute atomic E-state index is 0.500. The molecule has 0 aromatic heterocycles. The average molecular weight is 97.1 g/mol. The molecule has 0 saturated heterocycles. The fourth-order valence-electron chi connectivity index (χ4n) is 0.0510. The van der Waals surface area contributed by atoms with Crippen LogP contribution in [0.1, 0.15) is 13.8 Å². The monoisotopic (exact) mass is 97.1 g/mol. The number of rotatable bonds is 1. The lowest BCUT2D eigenvalue weighted by atomic mass is 10.2. The summed E-state index contributed by atoms with van der Waals surface area (Å²) in [6.45, 7) is 3.56. The number of hydrogen-bond donors (Lipinski definition) is 0. The highest BCUT2D eigenvalue weighted by molar-refractivity contribution is 4.97. The van der Waals surface area contributed by atoms with E-state index in [1.54, 1.807) is 21.0 Å². The van der Waals surface area contributed by atoms with Crippen molar-refractivity contribution in [2.75, 3.05) is 7.11 Å². The summed E-state index contributed by atoms with van der Waals surface area (Å²) in [6.07, 6.45) is 6.63. The van der Waals surface area contributed by atoms with Crippen LogP contribution in [0.3, 0.4) is 0 Å². The van der Waals surface area contributed by atoms with Crippen molar-refractivity contribution in [1.29, 1.82) is 0 Å².